The summed E-state index contributed by atoms with van der Waals surface area (Å²) < 4.78 is 43.2. The van der Waals surface area contributed by atoms with Crippen molar-refractivity contribution in [3.8, 4) is 0 Å². The number of carbonyl (C=O) groups excluding carboxylic acids is 2. The minimum Gasteiger partial charge on any atom is -0.456 e. The SMILES string of the molecule is Cc1ccc(S(=O)(=O)CCC(=O)OCC(=O)Nc2ccc(Br)cc2F)cc1. The Kier molecular flexibility index (Phi) is 7.09. The van der Waals surface area contributed by atoms with Crippen molar-refractivity contribution < 1.29 is 27.1 Å². The van der Waals surface area contributed by atoms with Gasteiger partial charge < -0.3 is 10.1 Å². The molecule has 0 aromatic heterocycles. The fourth-order valence-corrected chi connectivity index (χ4v) is 3.63. The van der Waals surface area contributed by atoms with Crippen molar-refractivity contribution in [2.45, 2.75) is 18.2 Å². The zero-order valence-corrected chi connectivity index (χ0v) is 16.8. The van der Waals surface area contributed by atoms with Crippen LogP contribution in [-0.4, -0.2) is 32.7 Å². The monoisotopic (exact) mass is 457 g/mol. The lowest BCUT2D eigenvalue weighted by Crippen LogP contribution is -2.22. The molecule has 0 unspecified atom stereocenters. The summed E-state index contributed by atoms with van der Waals surface area (Å²) in [6.45, 7) is 1.19. The number of esters is 1. The third-order valence-corrected chi connectivity index (χ3v) is 5.75. The number of nitrogens with one attached hydrogen (secondary N) is 1. The average Bonchev–Trinajstić information content (AvgIpc) is 2.61. The molecule has 2 aromatic rings. The predicted octanol–water partition coefficient (Wildman–Crippen LogP) is 3.24. The Labute approximate surface area is 164 Å². The molecule has 0 aliphatic carbocycles. The number of amides is 1. The van der Waals surface area contributed by atoms with Gasteiger partial charge in [-0.05, 0) is 37.3 Å². The van der Waals surface area contributed by atoms with E-state index >= 15 is 0 Å². The van der Waals surface area contributed by atoms with Crippen LogP contribution in [0.4, 0.5) is 10.1 Å². The number of halogens is 2. The first-order chi connectivity index (χ1) is 12.7. The predicted molar refractivity (Wildman–Crippen MR) is 102 cm³/mol. The topological polar surface area (TPSA) is 89.5 Å². The number of sulfone groups is 1. The average molecular weight is 458 g/mol. The normalized spacial score (nSPS) is 11.1. The molecule has 0 aliphatic rings. The first-order valence-electron chi connectivity index (χ1n) is 7.87. The van der Waals surface area contributed by atoms with Gasteiger partial charge in [-0.2, -0.15) is 0 Å². The number of benzene rings is 2. The van der Waals surface area contributed by atoms with Crippen LogP contribution in [0.25, 0.3) is 0 Å². The molecule has 0 aliphatic heterocycles. The number of aryl methyl sites for hydroxylation is 1. The zero-order chi connectivity index (χ0) is 20.0. The molecule has 0 bridgehead atoms. The standard InChI is InChI=1S/C18H17BrFNO5S/c1-12-2-5-14(6-3-12)27(24,25)9-8-18(23)26-11-17(22)21-16-7-4-13(19)10-15(16)20/h2-7,10H,8-9,11H2,1H3,(H,21,22). The summed E-state index contributed by atoms with van der Waals surface area (Å²) in [5.74, 6) is -2.64. The highest BCUT2D eigenvalue weighted by Gasteiger charge is 2.18. The van der Waals surface area contributed by atoms with Gasteiger partial charge in [-0.1, -0.05) is 33.6 Å². The number of rotatable bonds is 7. The van der Waals surface area contributed by atoms with Crippen LogP contribution in [0.1, 0.15) is 12.0 Å². The maximum atomic E-state index is 13.6. The Morgan fingerprint density at radius 1 is 1.15 bits per heavy atom. The van der Waals surface area contributed by atoms with Crippen molar-refractivity contribution in [1.82, 2.24) is 0 Å². The zero-order valence-electron chi connectivity index (χ0n) is 14.4. The van der Waals surface area contributed by atoms with Crippen molar-refractivity contribution >= 4 is 43.3 Å². The second kappa shape index (κ2) is 9.09. The van der Waals surface area contributed by atoms with E-state index in [-0.39, 0.29) is 10.6 Å². The van der Waals surface area contributed by atoms with Crippen molar-refractivity contribution in [2.24, 2.45) is 0 Å². The Hall–Kier alpha value is -2.26. The molecule has 0 fully saturated rings. The lowest BCUT2D eigenvalue weighted by Gasteiger charge is -2.08. The van der Waals surface area contributed by atoms with E-state index in [1.807, 2.05) is 6.92 Å². The van der Waals surface area contributed by atoms with Gasteiger partial charge in [0.25, 0.3) is 5.91 Å². The second-order valence-corrected chi connectivity index (χ2v) is 8.74. The number of carbonyl (C=O) groups is 2. The third kappa shape index (κ3) is 6.44. The summed E-state index contributed by atoms with van der Waals surface area (Å²) in [4.78, 5) is 23.5. The summed E-state index contributed by atoms with van der Waals surface area (Å²) >= 11 is 3.09. The van der Waals surface area contributed by atoms with Gasteiger partial charge >= 0.3 is 5.97 Å². The maximum absolute atomic E-state index is 13.6. The fraction of sp³-hybridized carbons (Fsp3) is 0.222. The molecule has 0 radical (unpaired) electrons. The van der Waals surface area contributed by atoms with Gasteiger partial charge in [-0.25, -0.2) is 12.8 Å². The van der Waals surface area contributed by atoms with E-state index in [2.05, 4.69) is 21.2 Å². The molecular formula is C18H17BrFNO5S. The molecule has 0 spiro atoms. The molecule has 1 amide bonds. The van der Waals surface area contributed by atoms with Gasteiger partial charge in [0.15, 0.2) is 16.4 Å². The lowest BCUT2D eigenvalue weighted by atomic mass is 10.2. The number of anilines is 1. The van der Waals surface area contributed by atoms with Gasteiger partial charge in [0.1, 0.15) is 5.82 Å². The van der Waals surface area contributed by atoms with E-state index in [0.29, 0.717) is 4.47 Å². The first-order valence-corrected chi connectivity index (χ1v) is 10.3. The summed E-state index contributed by atoms with van der Waals surface area (Å²) in [6.07, 6.45) is -0.393. The van der Waals surface area contributed by atoms with Crippen LogP contribution < -0.4 is 5.32 Å². The molecule has 6 nitrogen and oxygen atoms in total. The first kappa shape index (κ1) is 21.0. The minimum absolute atomic E-state index is 0.0544. The molecule has 144 valence electrons. The van der Waals surface area contributed by atoms with Gasteiger partial charge in [-0.3, -0.25) is 9.59 Å². The summed E-state index contributed by atoms with van der Waals surface area (Å²) in [5, 5.41) is 2.27. The van der Waals surface area contributed by atoms with E-state index in [1.165, 1.54) is 24.3 Å². The van der Waals surface area contributed by atoms with Crippen LogP contribution in [0.15, 0.2) is 51.8 Å². The van der Waals surface area contributed by atoms with Gasteiger partial charge in [0.05, 0.1) is 22.8 Å². The van der Waals surface area contributed by atoms with E-state index in [4.69, 9.17) is 4.74 Å². The Morgan fingerprint density at radius 2 is 1.81 bits per heavy atom. The van der Waals surface area contributed by atoms with Crippen molar-refractivity contribution in [2.75, 3.05) is 17.7 Å². The second-order valence-electron chi connectivity index (χ2n) is 5.71. The molecule has 9 heteroatoms. The molecule has 2 aromatic carbocycles. The minimum atomic E-state index is -3.62. The van der Waals surface area contributed by atoms with Gasteiger partial charge in [0, 0.05) is 4.47 Å². The van der Waals surface area contributed by atoms with E-state index in [1.54, 1.807) is 18.2 Å². The van der Waals surface area contributed by atoms with Crippen LogP contribution in [0, 0.1) is 12.7 Å². The van der Waals surface area contributed by atoms with E-state index in [9.17, 15) is 22.4 Å². The van der Waals surface area contributed by atoms with Crippen LogP contribution in [0.3, 0.4) is 0 Å². The molecule has 0 saturated carbocycles. The van der Waals surface area contributed by atoms with E-state index < -0.39 is 46.3 Å². The van der Waals surface area contributed by atoms with Crippen LogP contribution in [0.2, 0.25) is 0 Å². The van der Waals surface area contributed by atoms with E-state index in [0.717, 1.165) is 5.56 Å². The van der Waals surface area contributed by atoms with Crippen LogP contribution in [0.5, 0.6) is 0 Å². The van der Waals surface area contributed by atoms with Gasteiger partial charge in [0.2, 0.25) is 0 Å². The quantitative estimate of drug-likeness (QED) is 0.644. The lowest BCUT2D eigenvalue weighted by molar-refractivity contribution is -0.146. The number of hydrogen-bond donors (Lipinski definition) is 1. The van der Waals surface area contributed by atoms with Crippen molar-refractivity contribution in [1.29, 1.82) is 0 Å². The highest BCUT2D eigenvalue weighted by Crippen LogP contribution is 2.19. The molecule has 2 rings (SSSR count). The maximum Gasteiger partial charge on any atom is 0.307 e. The fourth-order valence-electron chi connectivity index (χ4n) is 2.08. The molecule has 0 saturated heterocycles. The Bertz CT molecular complexity index is 945. The van der Waals surface area contributed by atoms with Crippen LogP contribution >= 0.6 is 15.9 Å². The Balaban J connectivity index is 1.81. The summed E-state index contributed by atoms with van der Waals surface area (Å²) in [6, 6.07) is 10.3. The van der Waals surface area contributed by atoms with Crippen molar-refractivity contribution in [3.63, 3.8) is 0 Å². The smallest absolute Gasteiger partial charge is 0.307 e. The summed E-state index contributed by atoms with van der Waals surface area (Å²) in [7, 11) is -3.62. The van der Waals surface area contributed by atoms with Gasteiger partial charge in [-0.15, -0.1) is 0 Å². The number of ether oxygens (including phenoxy) is 1. The summed E-state index contributed by atoms with van der Waals surface area (Å²) in [5.41, 5.74) is 0.864. The highest BCUT2D eigenvalue weighted by molar-refractivity contribution is 9.10. The third-order valence-electron chi connectivity index (χ3n) is 3.52. The van der Waals surface area contributed by atoms with Crippen molar-refractivity contribution in [3.05, 3.63) is 58.3 Å². The molecule has 0 atom stereocenters. The molecule has 0 heterocycles. The molecule has 1 N–H and O–H groups in total. The largest absolute Gasteiger partial charge is 0.456 e. The molecular weight excluding hydrogens is 441 g/mol. The Morgan fingerprint density at radius 3 is 2.44 bits per heavy atom. The highest BCUT2D eigenvalue weighted by atomic mass is 79.9. The number of hydrogen-bond acceptors (Lipinski definition) is 5. The molecule has 27 heavy (non-hydrogen) atoms. The van der Waals surface area contributed by atoms with Crippen LogP contribution in [-0.2, 0) is 24.2 Å².